The summed E-state index contributed by atoms with van der Waals surface area (Å²) in [5.74, 6) is -0.513. The van der Waals surface area contributed by atoms with Gasteiger partial charge in [0.15, 0.2) is 5.76 Å². The Morgan fingerprint density at radius 1 is 1.19 bits per heavy atom. The van der Waals surface area contributed by atoms with E-state index in [1.807, 2.05) is 6.92 Å². The molecule has 2 heterocycles. The van der Waals surface area contributed by atoms with E-state index in [2.05, 4.69) is 25.8 Å². The molecule has 2 rings (SSSR count). The van der Waals surface area contributed by atoms with Crippen LogP contribution < -0.4 is 10.6 Å². The predicted octanol–water partition coefficient (Wildman–Crippen LogP) is 2.92. The molecule has 2 aromatic rings. The number of nitrogens with zero attached hydrogens (tertiary/aromatic N) is 3. The molecule has 0 amide bonds. The van der Waals surface area contributed by atoms with E-state index in [1.54, 1.807) is 6.07 Å². The molecule has 0 aromatic carbocycles. The predicted molar refractivity (Wildman–Crippen MR) is 69.6 cm³/mol. The standard InChI is InChI=1S/C12H14F3N5O/c1-2-4-16-9-6-10(17-7-8-3-5-18-21-8)20-11(19-9)12(13,14)15/h3,5-6H,2,4,7H2,1H3,(H2,16,17,19,20). The molecule has 0 saturated carbocycles. The minimum Gasteiger partial charge on any atom is -0.370 e. The van der Waals surface area contributed by atoms with Crippen LogP contribution in [0.3, 0.4) is 0 Å². The summed E-state index contributed by atoms with van der Waals surface area (Å²) in [6, 6.07) is 3.02. The molecule has 0 spiro atoms. The molecule has 21 heavy (non-hydrogen) atoms. The molecule has 0 aliphatic carbocycles. The zero-order valence-corrected chi connectivity index (χ0v) is 11.2. The molecule has 2 aromatic heterocycles. The van der Waals surface area contributed by atoms with Crippen LogP contribution in [0, 0.1) is 0 Å². The van der Waals surface area contributed by atoms with Crippen LogP contribution in [-0.4, -0.2) is 21.7 Å². The largest absolute Gasteiger partial charge is 0.451 e. The van der Waals surface area contributed by atoms with Gasteiger partial charge in [-0.1, -0.05) is 12.1 Å². The van der Waals surface area contributed by atoms with Gasteiger partial charge in [-0.05, 0) is 6.42 Å². The Labute approximate surface area is 118 Å². The van der Waals surface area contributed by atoms with Gasteiger partial charge < -0.3 is 15.2 Å². The highest BCUT2D eigenvalue weighted by atomic mass is 19.4. The topological polar surface area (TPSA) is 75.9 Å². The molecule has 6 nitrogen and oxygen atoms in total. The summed E-state index contributed by atoms with van der Waals surface area (Å²) in [4.78, 5) is 6.93. The van der Waals surface area contributed by atoms with Crippen molar-refractivity contribution in [1.29, 1.82) is 0 Å². The first-order valence-electron chi connectivity index (χ1n) is 6.32. The van der Waals surface area contributed by atoms with E-state index in [-0.39, 0.29) is 18.2 Å². The van der Waals surface area contributed by atoms with E-state index in [0.29, 0.717) is 12.3 Å². The fourth-order valence-corrected chi connectivity index (χ4v) is 1.52. The fraction of sp³-hybridized carbons (Fsp3) is 0.417. The number of anilines is 2. The van der Waals surface area contributed by atoms with Gasteiger partial charge in [-0.2, -0.15) is 13.2 Å². The number of aromatic nitrogens is 3. The lowest BCUT2D eigenvalue weighted by Gasteiger charge is -2.11. The molecule has 0 aliphatic rings. The Morgan fingerprint density at radius 2 is 1.90 bits per heavy atom. The summed E-state index contributed by atoms with van der Waals surface area (Å²) in [6.45, 7) is 2.61. The lowest BCUT2D eigenvalue weighted by atomic mass is 10.4. The number of nitrogens with one attached hydrogen (secondary N) is 2. The number of rotatable bonds is 6. The SMILES string of the molecule is CCCNc1cc(NCc2ccno2)nc(C(F)(F)F)n1. The van der Waals surface area contributed by atoms with Crippen LogP contribution in [0.1, 0.15) is 24.9 Å². The van der Waals surface area contributed by atoms with Crippen molar-refractivity contribution in [2.45, 2.75) is 26.1 Å². The molecule has 0 radical (unpaired) electrons. The van der Waals surface area contributed by atoms with E-state index >= 15 is 0 Å². The quantitative estimate of drug-likeness (QED) is 0.854. The maximum atomic E-state index is 12.8. The zero-order valence-electron chi connectivity index (χ0n) is 11.2. The lowest BCUT2D eigenvalue weighted by Crippen LogP contribution is -2.15. The van der Waals surface area contributed by atoms with Crippen molar-refractivity contribution < 1.29 is 17.7 Å². The third kappa shape index (κ3) is 4.33. The molecular weight excluding hydrogens is 287 g/mol. The van der Waals surface area contributed by atoms with Crippen LogP contribution in [0.15, 0.2) is 22.9 Å². The van der Waals surface area contributed by atoms with Gasteiger partial charge >= 0.3 is 6.18 Å². The van der Waals surface area contributed by atoms with E-state index < -0.39 is 12.0 Å². The molecular formula is C12H14F3N5O. The van der Waals surface area contributed by atoms with Crippen molar-refractivity contribution in [3.8, 4) is 0 Å². The summed E-state index contributed by atoms with van der Waals surface area (Å²) < 4.78 is 43.2. The second-order valence-electron chi connectivity index (χ2n) is 4.22. The molecule has 114 valence electrons. The summed E-state index contributed by atoms with van der Waals surface area (Å²) >= 11 is 0. The van der Waals surface area contributed by atoms with Gasteiger partial charge in [0.2, 0.25) is 5.82 Å². The van der Waals surface area contributed by atoms with Crippen molar-refractivity contribution in [2.75, 3.05) is 17.2 Å². The minimum absolute atomic E-state index is 0.0623. The molecule has 2 N–H and O–H groups in total. The van der Waals surface area contributed by atoms with Crippen molar-refractivity contribution in [3.05, 3.63) is 29.9 Å². The molecule has 0 aliphatic heterocycles. The minimum atomic E-state index is -4.60. The summed E-state index contributed by atoms with van der Waals surface area (Å²) in [6.07, 6.45) is -2.38. The average molecular weight is 301 g/mol. The average Bonchev–Trinajstić information content (AvgIpc) is 2.95. The van der Waals surface area contributed by atoms with E-state index in [1.165, 1.54) is 12.3 Å². The number of hydrogen-bond donors (Lipinski definition) is 2. The highest BCUT2D eigenvalue weighted by Gasteiger charge is 2.35. The lowest BCUT2D eigenvalue weighted by molar-refractivity contribution is -0.144. The third-order valence-electron chi connectivity index (χ3n) is 2.47. The molecule has 0 unspecified atom stereocenters. The Hall–Kier alpha value is -2.32. The second kappa shape index (κ2) is 6.42. The van der Waals surface area contributed by atoms with Crippen molar-refractivity contribution in [1.82, 2.24) is 15.1 Å². The van der Waals surface area contributed by atoms with Crippen LogP contribution >= 0.6 is 0 Å². The van der Waals surface area contributed by atoms with Gasteiger partial charge in [0.25, 0.3) is 0 Å². The van der Waals surface area contributed by atoms with Crippen LogP contribution in [0.5, 0.6) is 0 Å². The number of halogens is 3. The van der Waals surface area contributed by atoms with Gasteiger partial charge in [-0.15, -0.1) is 0 Å². The highest BCUT2D eigenvalue weighted by molar-refractivity contribution is 5.47. The summed E-state index contributed by atoms with van der Waals surface area (Å²) in [5.41, 5.74) is 0. The van der Waals surface area contributed by atoms with E-state index in [0.717, 1.165) is 6.42 Å². The van der Waals surface area contributed by atoms with Crippen LogP contribution in [0.2, 0.25) is 0 Å². The normalized spacial score (nSPS) is 11.4. The molecule has 0 atom stereocenters. The monoisotopic (exact) mass is 301 g/mol. The van der Waals surface area contributed by atoms with Crippen LogP contribution in [0.4, 0.5) is 24.8 Å². The first kappa shape index (κ1) is 15.1. The number of hydrogen-bond acceptors (Lipinski definition) is 6. The zero-order chi connectivity index (χ0) is 15.3. The van der Waals surface area contributed by atoms with Gasteiger partial charge in [0, 0.05) is 18.7 Å². The fourth-order valence-electron chi connectivity index (χ4n) is 1.52. The Kier molecular flexibility index (Phi) is 4.61. The molecule has 0 saturated heterocycles. The van der Waals surface area contributed by atoms with E-state index in [9.17, 15) is 13.2 Å². The third-order valence-corrected chi connectivity index (χ3v) is 2.47. The van der Waals surface area contributed by atoms with Gasteiger partial charge in [-0.25, -0.2) is 9.97 Å². The van der Waals surface area contributed by atoms with Gasteiger partial charge in [0.05, 0.1) is 12.7 Å². The van der Waals surface area contributed by atoms with Gasteiger partial charge in [0.1, 0.15) is 11.6 Å². The van der Waals surface area contributed by atoms with Crippen LogP contribution in [-0.2, 0) is 12.7 Å². The van der Waals surface area contributed by atoms with E-state index in [4.69, 9.17) is 4.52 Å². The molecule has 0 fully saturated rings. The molecule has 9 heteroatoms. The maximum Gasteiger partial charge on any atom is 0.451 e. The smallest absolute Gasteiger partial charge is 0.370 e. The van der Waals surface area contributed by atoms with Crippen molar-refractivity contribution in [3.63, 3.8) is 0 Å². The Morgan fingerprint density at radius 3 is 2.48 bits per heavy atom. The summed E-state index contributed by atoms with van der Waals surface area (Å²) in [5, 5.41) is 9.07. The Bertz CT molecular complexity index is 571. The first-order chi connectivity index (χ1) is 9.99. The Balaban J connectivity index is 2.17. The maximum absolute atomic E-state index is 12.8. The highest BCUT2D eigenvalue weighted by Crippen LogP contribution is 2.28. The molecule has 0 bridgehead atoms. The van der Waals surface area contributed by atoms with Crippen molar-refractivity contribution >= 4 is 11.6 Å². The number of alkyl halides is 3. The van der Waals surface area contributed by atoms with Crippen molar-refractivity contribution in [2.24, 2.45) is 0 Å². The second-order valence-corrected chi connectivity index (χ2v) is 4.22. The van der Waals surface area contributed by atoms with Crippen LogP contribution in [0.25, 0.3) is 0 Å². The first-order valence-corrected chi connectivity index (χ1v) is 6.32. The van der Waals surface area contributed by atoms with Gasteiger partial charge in [-0.3, -0.25) is 0 Å². The summed E-state index contributed by atoms with van der Waals surface area (Å²) in [7, 11) is 0.